The van der Waals surface area contributed by atoms with E-state index in [0.717, 1.165) is 42.4 Å². The van der Waals surface area contributed by atoms with Crippen molar-refractivity contribution in [2.45, 2.75) is 104 Å². The number of alkyl carbamates (subject to hydrolysis) is 1. The predicted molar refractivity (Wildman–Crippen MR) is 130 cm³/mol. The summed E-state index contributed by atoms with van der Waals surface area (Å²) >= 11 is 0. The summed E-state index contributed by atoms with van der Waals surface area (Å²) in [6.45, 7) is 12.8. The normalized spacial score (nSPS) is 15.6. The third kappa shape index (κ3) is 8.06. The molecule has 33 heavy (non-hydrogen) atoms. The maximum atomic E-state index is 13.6. The molecule has 0 radical (unpaired) electrons. The third-order valence-electron chi connectivity index (χ3n) is 5.95. The number of nitrogens with zero attached hydrogens (tertiary/aromatic N) is 1. The number of carbonyl (C=O) groups excluding carboxylic acids is 3. The molecule has 7 heteroatoms. The first-order chi connectivity index (χ1) is 15.4. The van der Waals surface area contributed by atoms with Crippen molar-refractivity contribution in [3.8, 4) is 0 Å². The van der Waals surface area contributed by atoms with Gasteiger partial charge in [0.2, 0.25) is 11.8 Å². The van der Waals surface area contributed by atoms with E-state index in [1.807, 2.05) is 45.9 Å². The van der Waals surface area contributed by atoms with Crippen LogP contribution in [0.1, 0.15) is 89.5 Å². The molecular formula is C26H41N3O4. The number of amides is 3. The number of benzene rings is 1. The number of hydrogen-bond donors (Lipinski definition) is 2. The van der Waals surface area contributed by atoms with E-state index in [-0.39, 0.29) is 30.4 Å². The van der Waals surface area contributed by atoms with Crippen molar-refractivity contribution in [3.05, 3.63) is 34.9 Å². The zero-order valence-electron chi connectivity index (χ0n) is 21.3. The SMILES string of the molecule is Cc1ccc(C(C(=O)NC2CCCCC2)N(C(=O)CNC(=O)OC(C)(C)C)C(C)C)cc1C. The molecule has 1 aliphatic carbocycles. The summed E-state index contributed by atoms with van der Waals surface area (Å²) in [5.41, 5.74) is 2.29. The van der Waals surface area contributed by atoms with Crippen molar-refractivity contribution >= 4 is 17.9 Å². The van der Waals surface area contributed by atoms with E-state index < -0.39 is 17.7 Å². The summed E-state index contributed by atoms with van der Waals surface area (Å²) in [5, 5.41) is 5.73. The van der Waals surface area contributed by atoms with E-state index in [0.29, 0.717) is 0 Å². The van der Waals surface area contributed by atoms with E-state index in [1.165, 1.54) is 6.42 Å². The van der Waals surface area contributed by atoms with Crippen molar-refractivity contribution < 1.29 is 19.1 Å². The Morgan fingerprint density at radius 1 is 1.06 bits per heavy atom. The standard InChI is InChI=1S/C26H41N3O4/c1-17(2)29(22(30)16-27-25(32)33-26(5,6)7)23(20-14-13-18(3)19(4)15-20)24(31)28-21-11-9-8-10-12-21/h13-15,17,21,23H,8-12,16H2,1-7H3,(H,27,32)(H,28,31). The van der Waals surface area contributed by atoms with Gasteiger partial charge in [0, 0.05) is 12.1 Å². The average Bonchev–Trinajstić information content (AvgIpc) is 2.71. The maximum absolute atomic E-state index is 13.6. The average molecular weight is 460 g/mol. The number of carbonyl (C=O) groups is 3. The van der Waals surface area contributed by atoms with Gasteiger partial charge in [-0.25, -0.2) is 4.79 Å². The molecule has 0 saturated heterocycles. The second-order valence-electron chi connectivity index (χ2n) is 10.3. The minimum atomic E-state index is -0.779. The summed E-state index contributed by atoms with van der Waals surface area (Å²) < 4.78 is 5.25. The fourth-order valence-corrected chi connectivity index (χ4v) is 4.18. The lowest BCUT2D eigenvalue weighted by molar-refractivity contribution is -0.142. The van der Waals surface area contributed by atoms with Gasteiger partial charge in [-0.1, -0.05) is 37.5 Å². The topological polar surface area (TPSA) is 87.7 Å². The van der Waals surface area contributed by atoms with Crippen LogP contribution in [0.15, 0.2) is 18.2 Å². The van der Waals surface area contributed by atoms with Crippen molar-refractivity contribution in [1.29, 1.82) is 0 Å². The lowest BCUT2D eigenvalue weighted by Gasteiger charge is -2.36. The molecule has 0 heterocycles. The molecule has 1 unspecified atom stereocenters. The highest BCUT2D eigenvalue weighted by molar-refractivity contribution is 5.90. The molecule has 1 aromatic carbocycles. The van der Waals surface area contributed by atoms with Crippen LogP contribution in [0.4, 0.5) is 4.79 Å². The van der Waals surface area contributed by atoms with Gasteiger partial charge in [-0.3, -0.25) is 9.59 Å². The molecule has 0 spiro atoms. The Labute approximate surface area is 198 Å². The summed E-state index contributed by atoms with van der Waals surface area (Å²) in [6, 6.07) is 4.97. The largest absolute Gasteiger partial charge is 0.444 e. The molecule has 1 atom stereocenters. The quantitative estimate of drug-likeness (QED) is 0.626. The second kappa shape index (κ2) is 11.5. The maximum Gasteiger partial charge on any atom is 0.408 e. The predicted octanol–water partition coefficient (Wildman–Crippen LogP) is 4.56. The molecule has 3 amide bonds. The minimum Gasteiger partial charge on any atom is -0.444 e. The molecule has 1 saturated carbocycles. The van der Waals surface area contributed by atoms with Crippen LogP contribution >= 0.6 is 0 Å². The van der Waals surface area contributed by atoms with Crippen LogP contribution in [0.3, 0.4) is 0 Å². The van der Waals surface area contributed by atoms with Crippen LogP contribution < -0.4 is 10.6 Å². The van der Waals surface area contributed by atoms with E-state index in [9.17, 15) is 14.4 Å². The van der Waals surface area contributed by atoms with Crippen molar-refractivity contribution in [1.82, 2.24) is 15.5 Å². The fraction of sp³-hybridized carbons (Fsp3) is 0.654. The van der Waals surface area contributed by atoms with E-state index in [1.54, 1.807) is 25.7 Å². The number of nitrogens with one attached hydrogen (secondary N) is 2. The van der Waals surface area contributed by atoms with Gasteiger partial charge in [-0.05, 0) is 78.0 Å². The zero-order chi connectivity index (χ0) is 24.8. The van der Waals surface area contributed by atoms with E-state index >= 15 is 0 Å². The Morgan fingerprint density at radius 2 is 1.70 bits per heavy atom. The molecule has 0 aromatic heterocycles. The molecule has 2 rings (SSSR count). The van der Waals surface area contributed by atoms with Gasteiger partial charge in [0.15, 0.2) is 0 Å². The number of aryl methyl sites for hydroxylation is 2. The van der Waals surface area contributed by atoms with Crippen LogP contribution in [-0.2, 0) is 14.3 Å². The van der Waals surface area contributed by atoms with E-state index in [4.69, 9.17) is 4.74 Å². The number of ether oxygens (including phenoxy) is 1. The van der Waals surface area contributed by atoms with Gasteiger partial charge in [0.05, 0.1) is 0 Å². The van der Waals surface area contributed by atoms with Crippen LogP contribution in [0, 0.1) is 13.8 Å². The monoisotopic (exact) mass is 459 g/mol. The number of hydrogen-bond acceptors (Lipinski definition) is 4. The van der Waals surface area contributed by atoms with Crippen molar-refractivity contribution in [3.63, 3.8) is 0 Å². The second-order valence-corrected chi connectivity index (χ2v) is 10.3. The summed E-state index contributed by atoms with van der Waals surface area (Å²) in [4.78, 5) is 40.5. The van der Waals surface area contributed by atoms with Gasteiger partial charge in [-0.2, -0.15) is 0 Å². The first-order valence-corrected chi connectivity index (χ1v) is 12.0. The molecule has 1 fully saturated rings. The fourth-order valence-electron chi connectivity index (χ4n) is 4.18. The molecule has 1 aliphatic rings. The highest BCUT2D eigenvalue weighted by Gasteiger charge is 2.35. The van der Waals surface area contributed by atoms with Crippen LogP contribution in [-0.4, -0.2) is 47.0 Å². The summed E-state index contributed by atoms with van der Waals surface area (Å²) in [5.74, 6) is -0.512. The summed E-state index contributed by atoms with van der Waals surface area (Å²) in [7, 11) is 0. The smallest absolute Gasteiger partial charge is 0.408 e. The zero-order valence-corrected chi connectivity index (χ0v) is 21.3. The Bertz CT molecular complexity index is 838. The molecular weight excluding hydrogens is 418 g/mol. The van der Waals surface area contributed by atoms with Crippen molar-refractivity contribution in [2.24, 2.45) is 0 Å². The summed E-state index contributed by atoms with van der Waals surface area (Å²) in [6.07, 6.45) is 4.66. The molecule has 0 aliphatic heterocycles. The number of rotatable bonds is 7. The van der Waals surface area contributed by atoms with Gasteiger partial charge in [0.1, 0.15) is 18.2 Å². The van der Waals surface area contributed by atoms with Gasteiger partial charge < -0.3 is 20.3 Å². The minimum absolute atomic E-state index is 0.129. The Balaban J connectivity index is 2.29. The Hall–Kier alpha value is -2.57. The van der Waals surface area contributed by atoms with Crippen molar-refractivity contribution in [2.75, 3.05) is 6.54 Å². The van der Waals surface area contributed by atoms with Gasteiger partial charge in [-0.15, -0.1) is 0 Å². The molecule has 184 valence electrons. The van der Waals surface area contributed by atoms with Crippen LogP contribution in [0.5, 0.6) is 0 Å². The Kier molecular flexibility index (Phi) is 9.32. The highest BCUT2D eigenvalue weighted by Crippen LogP contribution is 2.27. The first-order valence-electron chi connectivity index (χ1n) is 12.0. The third-order valence-corrected chi connectivity index (χ3v) is 5.95. The van der Waals surface area contributed by atoms with E-state index in [2.05, 4.69) is 10.6 Å². The van der Waals surface area contributed by atoms with Gasteiger partial charge in [0.25, 0.3) is 0 Å². The molecule has 2 N–H and O–H groups in total. The van der Waals surface area contributed by atoms with Gasteiger partial charge >= 0.3 is 6.09 Å². The van der Waals surface area contributed by atoms with Crippen LogP contribution in [0.25, 0.3) is 0 Å². The lowest BCUT2D eigenvalue weighted by Crippen LogP contribution is -2.52. The Morgan fingerprint density at radius 3 is 2.24 bits per heavy atom. The molecule has 0 bridgehead atoms. The molecule has 7 nitrogen and oxygen atoms in total. The molecule has 1 aromatic rings. The lowest BCUT2D eigenvalue weighted by atomic mass is 9.94. The van der Waals surface area contributed by atoms with Crippen LogP contribution in [0.2, 0.25) is 0 Å². The highest BCUT2D eigenvalue weighted by atomic mass is 16.6. The first kappa shape index (κ1) is 26.7.